The van der Waals surface area contributed by atoms with Crippen molar-refractivity contribution >= 4 is 38.9 Å². The molecule has 1 aromatic heterocycles. The topological polar surface area (TPSA) is 8.17 Å². The lowest BCUT2D eigenvalue weighted by atomic mass is 10.0. The van der Waals surface area contributed by atoms with Gasteiger partial charge in [-0.15, -0.1) is 0 Å². The zero-order valence-electron chi connectivity index (χ0n) is 28.1. The van der Waals surface area contributed by atoms with Crippen molar-refractivity contribution < 1.29 is 0 Å². The van der Waals surface area contributed by atoms with Crippen LogP contribution in [-0.2, 0) is 6.42 Å². The molecular formula is C49H34N2. The predicted octanol–water partition coefficient (Wildman–Crippen LogP) is 13.2. The van der Waals surface area contributed by atoms with Gasteiger partial charge in [0, 0.05) is 33.4 Å². The van der Waals surface area contributed by atoms with Crippen molar-refractivity contribution in [2.45, 2.75) is 6.42 Å². The fourth-order valence-electron chi connectivity index (χ4n) is 8.04. The van der Waals surface area contributed by atoms with Crippen LogP contribution in [0.25, 0.3) is 60.9 Å². The van der Waals surface area contributed by atoms with Gasteiger partial charge >= 0.3 is 0 Å². The minimum absolute atomic E-state index is 0.982. The molecule has 2 heteroatoms. The van der Waals surface area contributed by atoms with Gasteiger partial charge in [0.05, 0.1) is 16.7 Å². The first kappa shape index (κ1) is 29.3. The van der Waals surface area contributed by atoms with E-state index >= 15 is 0 Å². The molecule has 0 aliphatic heterocycles. The number of fused-ring (bicyclic) bond motifs is 6. The quantitative estimate of drug-likeness (QED) is 0.174. The van der Waals surface area contributed by atoms with Crippen LogP contribution >= 0.6 is 0 Å². The summed E-state index contributed by atoms with van der Waals surface area (Å²) in [5.41, 5.74) is 17.2. The third-order valence-electron chi connectivity index (χ3n) is 10.4. The SMILES string of the molecule is c1ccc(-c2cccc(N(c3ccc(-c4ccccc4-n4c5ccccc5c5ccccc54)cc3)c3ccc4c(c3)-c3ccccc3C4)c2)cc1. The van der Waals surface area contributed by atoms with Gasteiger partial charge in [-0.2, -0.15) is 0 Å². The Morgan fingerprint density at radius 1 is 0.353 bits per heavy atom. The van der Waals surface area contributed by atoms with Crippen LogP contribution in [0.1, 0.15) is 11.1 Å². The second-order valence-electron chi connectivity index (χ2n) is 13.4. The highest BCUT2D eigenvalue weighted by atomic mass is 15.1. The normalized spacial score (nSPS) is 11.8. The van der Waals surface area contributed by atoms with Crippen molar-refractivity contribution in [2.24, 2.45) is 0 Å². The first-order valence-electron chi connectivity index (χ1n) is 17.6. The molecule has 0 saturated carbocycles. The van der Waals surface area contributed by atoms with Gasteiger partial charge in [0.2, 0.25) is 0 Å². The molecule has 0 amide bonds. The zero-order chi connectivity index (χ0) is 33.7. The Morgan fingerprint density at radius 3 is 1.73 bits per heavy atom. The highest BCUT2D eigenvalue weighted by Gasteiger charge is 2.22. The molecule has 0 unspecified atom stereocenters. The summed E-state index contributed by atoms with van der Waals surface area (Å²) in [5, 5.41) is 2.53. The van der Waals surface area contributed by atoms with Crippen molar-refractivity contribution in [3.8, 4) is 39.1 Å². The summed E-state index contributed by atoms with van der Waals surface area (Å²) < 4.78 is 2.41. The van der Waals surface area contributed by atoms with E-state index in [2.05, 4.69) is 204 Å². The van der Waals surface area contributed by atoms with Crippen molar-refractivity contribution in [3.05, 3.63) is 205 Å². The first-order valence-corrected chi connectivity index (χ1v) is 17.6. The Labute approximate surface area is 298 Å². The molecule has 0 atom stereocenters. The van der Waals surface area contributed by atoms with Gasteiger partial charge in [0.25, 0.3) is 0 Å². The van der Waals surface area contributed by atoms with E-state index in [-0.39, 0.29) is 0 Å². The van der Waals surface area contributed by atoms with Crippen LogP contribution in [-0.4, -0.2) is 4.57 Å². The Morgan fingerprint density at radius 2 is 0.941 bits per heavy atom. The standard InChI is InChI=1S/C49H34N2/c1-2-13-34(14-3-1)36-16-12-17-40(32-36)50(41-30-27-38-31-37-15-4-5-18-42(37)46(38)33-41)39-28-25-35(26-29-39)43-19-6-9-22-47(43)51-48-23-10-7-20-44(48)45-21-8-11-24-49(45)51/h1-30,32-33H,31H2. The number of hydrogen-bond donors (Lipinski definition) is 0. The molecule has 0 spiro atoms. The number of hydrogen-bond acceptors (Lipinski definition) is 1. The summed E-state index contributed by atoms with van der Waals surface area (Å²) in [6.45, 7) is 0. The minimum Gasteiger partial charge on any atom is -0.310 e. The molecule has 51 heavy (non-hydrogen) atoms. The lowest BCUT2D eigenvalue weighted by Gasteiger charge is -2.27. The molecule has 2 nitrogen and oxygen atoms in total. The van der Waals surface area contributed by atoms with Crippen LogP contribution in [0.15, 0.2) is 194 Å². The lowest BCUT2D eigenvalue weighted by molar-refractivity contribution is 1.18. The molecule has 0 N–H and O–H groups in total. The molecule has 0 radical (unpaired) electrons. The number of anilines is 3. The maximum absolute atomic E-state index is 2.41. The second kappa shape index (κ2) is 12.0. The van der Waals surface area contributed by atoms with E-state index in [1.807, 2.05) is 0 Å². The van der Waals surface area contributed by atoms with Crippen LogP contribution in [0.5, 0.6) is 0 Å². The summed E-state index contributed by atoms with van der Waals surface area (Å²) in [7, 11) is 0. The molecule has 1 aliphatic rings. The Hall–Kier alpha value is -6.64. The lowest BCUT2D eigenvalue weighted by Crippen LogP contribution is -2.10. The highest BCUT2D eigenvalue weighted by Crippen LogP contribution is 2.44. The predicted molar refractivity (Wildman–Crippen MR) is 215 cm³/mol. The minimum atomic E-state index is 0.982. The average Bonchev–Trinajstić information content (AvgIpc) is 3.74. The van der Waals surface area contributed by atoms with Crippen LogP contribution < -0.4 is 4.90 Å². The second-order valence-corrected chi connectivity index (χ2v) is 13.4. The fraction of sp³-hybridized carbons (Fsp3) is 0.0204. The molecule has 1 aliphatic carbocycles. The Bertz CT molecular complexity index is 2660. The maximum Gasteiger partial charge on any atom is 0.0541 e. The first-order chi connectivity index (χ1) is 25.3. The van der Waals surface area contributed by atoms with E-state index in [1.165, 1.54) is 72.0 Å². The van der Waals surface area contributed by atoms with Gasteiger partial charge in [-0.3, -0.25) is 0 Å². The van der Waals surface area contributed by atoms with Gasteiger partial charge in [0.15, 0.2) is 0 Å². The number of para-hydroxylation sites is 3. The van der Waals surface area contributed by atoms with Crippen LogP contribution in [0.4, 0.5) is 17.1 Å². The molecule has 0 bridgehead atoms. The van der Waals surface area contributed by atoms with Crippen LogP contribution in [0, 0.1) is 0 Å². The van der Waals surface area contributed by atoms with Crippen molar-refractivity contribution in [1.82, 2.24) is 4.57 Å². The molecule has 9 aromatic rings. The summed E-state index contributed by atoms with van der Waals surface area (Å²) >= 11 is 0. The smallest absolute Gasteiger partial charge is 0.0541 e. The number of benzene rings is 8. The van der Waals surface area contributed by atoms with Crippen molar-refractivity contribution in [2.75, 3.05) is 4.90 Å². The monoisotopic (exact) mass is 650 g/mol. The van der Waals surface area contributed by atoms with Gasteiger partial charge < -0.3 is 9.47 Å². The molecule has 0 fully saturated rings. The maximum atomic E-state index is 2.41. The molecule has 10 rings (SSSR count). The van der Waals surface area contributed by atoms with E-state index in [9.17, 15) is 0 Å². The molecule has 1 heterocycles. The van der Waals surface area contributed by atoms with Crippen LogP contribution in [0.3, 0.4) is 0 Å². The van der Waals surface area contributed by atoms with Gasteiger partial charge in [0.1, 0.15) is 0 Å². The van der Waals surface area contributed by atoms with Crippen molar-refractivity contribution in [1.29, 1.82) is 0 Å². The van der Waals surface area contributed by atoms with E-state index in [0.717, 1.165) is 23.5 Å². The van der Waals surface area contributed by atoms with E-state index in [1.54, 1.807) is 0 Å². The van der Waals surface area contributed by atoms with E-state index in [0.29, 0.717) is 0 Å². The van der Waals surface area contributed by atoms with Gasteiger partial charge in [-0.05, 0) is 100.0 Å². The summed E-state index contributed by atoms with van der Waals surface area (Å²) in [6.07, 6.45) is 0.982. The van der Waals surface area contributed by atoms with Crippen LogP contribution in [0.2, 0.25) is 0 Å². The number of aromatic nitrogens is 1. The summed E-state index contributed by atoms with van der Waals surface area (Å²) in [5.74, 6) is 0. The average molecular weight is 651 g/mol. The van der Waals surface area contributed by atoms with E-state index in [4.69, 9.17) is 0 Å². The number of rotatable bonds is 6. The Balaban J connectivity index is 1.11. The fourth-order valence-corrected chi connectivity index (χ4v) is 8.04. The molecular weight excluding hydrogens is 617 g/mol. The largest absolute Gasteiger partial charge is 0.310 e. The molecule has 240 valence electrons. The molecule has 8 aromatic carbocycles. The highest BCUT2D eigenvalue weighted by molar-refractivity contribution is 6.09. The van der Waals surface area contributed by atoms with Gasteiger partial charge in [-0.25, -0.2) is 0 Å². The third kappa shape index (κ3) is 4.95. The van der Waals surface area contributed by atoms with Crippen molar-refractivity contribution in [3.63, 3.8) is 0 Å². The third-order valence-corrected chi connectivity index (χ3v) is 10.4. The summed E-state index contributed by atoms with van der Waals surface area (Å²) in [6, 6.07) is 70.6. The summed E-state index contributed by atoms with van der Waals surface area (Å²) in [4.78, 5) is 2.40. The van der Waals surface area contributed by atoms with E-state index < -0.39 is 0 Å². The number of nitrogens with zero attached hydrogens (tertiary/aromatic N) is 2. The zero-order valence-corrected chi connectivity index (χ0v) is 28.1. The Kier molecular flexibility index (Phi) is 6.92. The van der Waals surface area contributed by atoms with Gasteiger partial charge in [-0.1, -0.05) is 140 Å². The molecule has 0 saturated heterocycles.